The van der Waals surface area contributed by atoms with Gasteiger partial charge in [0.25, 0.3) is 0 Å². The molecule has 1 rings (SSSR count). The van der Waals surface area contributed by atoms with Crippen LogP contribution < -0.4 is 4.72 Å². The lowest BCUT2D eigenvalue weighted by Crippen LogP contribution is -2.11. The number of benzene rings is 1. The van der Waals surface area contributed by atoms with E-state index >= 15 is 0 Å². The summed E-state index contributed by atoms with van der Waals surface area (Å²) in [5.74, 6) is -0.741. The lowest BCUT2D eigenvalue weighted by molar-refractivity contribution is 0.489. The molecule has 0 amide bonds. The minimum absolute atomic E-state index is 0.278. The van der Waals surface area contributed by atoms with E-state index in [2.05, 4.69) is 0 Å². The molecule has 4 nitrogen and oxygen atoms in total. The zero-order chi connectivity index (χ0) is 9.19. The van der Waals surface area contributed by atoms with Gasteiger partial charge in [-0.2, -0.15) is 8.42 Å². The fourth-order valence-corrected chi connectivity index (χ4v) is 1.13. The van der Waals surface area contributed by atoms with Crippen LogP contribution in [0.25, 0.3) is 0 Å². The Balaban J connectivity index is 2.98. The highest BCUT2D eigenvalue weighted by Gasteiger charge is 2.06. The van der Waals surface area contributed by atoms with Gasteiger partial charge < -0.3 is 0 Å². The van der Waals surface area contributed by atoms with E-state index in [1.807, 2.05) is 0 Å². The van der Waals surface area contributed by atoms with Gasteiger partial charge in [-0.1, -0.05) is 12.1 Å². The Morgan fingerprint density at radius 2 is 1.92 bits per heavy atom. The monoisotopic (exact) mass is 191 g/mol. The molecule has 0 fully saturated rings. The van der Waals surface area contributed by atoms with Crippen LogP contribution in [-0.4, -0.2) is 13.0 Å². The normalized spacial score (nSPS) is 11.2. The summed E-state index contributed by atoms with van der Waals surface area (Å²) in [5, 5.41) is 0. The van der Waals surface area contributed by atoms with Gasteiger partial charge >= 0.3 is 10.3 Å². The van der Waals surface area contributed by atoms with Crippen LogP contribution in [0.3, 0.4) is 0 Å². The van der Waals surface area contributed by atoms with Crippen molar-refractivity contribution in [2.75, 3.05) is 4.72 Å². The predicted molar refractivity (Wildman–Crippen MR) is 41.6 cm³/mol. The summed E-state index contributed by atoms with van der Waals surface area (Å²) in [5.41, 5.74) is -0.278. The maximum absolute atomic E-state index is 12.7. The molecule has 0 aliphatic heterocycles. The highest BCUT2D eigenvalue weighted by atomic mass is 32.2. The number of hydrogen-bond acceptors (Lipinski definition) is 2. The van der Waals surface area contributed by atoms with Crippen LogP contribution in [0.4, 0.5) is 10.1 Å². The third-order valence-corrected chi connectivity index (χ3v) is 1.59. The van der Waals surface area contributed by atoms with Crippen LogP contribution in [0.15, 0.2) is 24.3 Å². The lowest BCUT2D eigenvalue weighted by atomic mass is 10.3. The predicted octanol–water partition coefficient (Wildman–Crippen LogP) is 1.04. The zero-order valence-corrected chi connectivity index (χ0v) is 6.68. The van der Waals surface area contributed by atoms with Crippen molar-refractivity contribution in [2.45, 2.75) is 0 Å². The Morgan fingerprint density at radius 1 is 1.33 bits per heavy atom. The molecule has 1 aromatic rings. The highest BCUT2D eigenvalue weighted by molar-refractivity contribution is 7.87. The SMILES string of the molecule is O=S(=O)(O)Nc1ccccc1F. The fourth-order valence-electron chi connectivity index (χ4n) is 0.683. The molecule has 12 heavy (non-hydrogen) atoms. The van der Waals surface area contributed by atoms with Crippen molar-refractivity contribution in [3.05, 3.63) is 30.1 Å². The largest absolute Gasteiger partial charge is 0.357 e. The third kappa shape index (κ3) is 2.48. The molecule has 0 bridgehead atoms. The summed E-state index contributed by atoms with van der Waals surface area (Å²) in [4.78, 5) is 0. The van der Waals surface area contributed by atoms with E-state index in [0.717, 1.165) is 6.07 Å². The second kappa shape index (κ2) is 3.08. The van der Waals surface area contributed by atoms with E-state index in [0.29, 0.717) is 0 Å². The summed E-state index contributed by atoms with van der Waals surface area (Å²) in [7, 11) is -4.39. The molecule has 0 radical (unpaired) electrons. The van der Waals surface area contributed by atoms with Gasteiger partial charge in [-0.15, -0.1) is 0 Å². The first-order valence-electron chi connectivity index (χ1n) is 2.99. The van der Waals surface area contributed by atoms with E-state index in [9.17, 15) is 12.8 Å². The summed E-state index contributed by atoms with van der Waals surface area (Å²) in [6, 6.07) is 5.12. The second-order valence-electron chi connectivity index (χ2n) is 2.06. The van der Waals surface area contributed by atoms with Gasteiger partial charge in [0, 0.05) is 0 Å². The van der Waals surface area contributed by atoms with Gasteiger partial charge in [0.1, 0.15) is 5.82 Å². The Hall–Kier alpha value is -1.14. The van der Waals surface area contributed by atoms with E-state index < -0.39 is 16.1 Å². The Kier molecular flexibility index (Phi) is 2.30. The molecule has 0 aromatic heterocycles. The van der Waals surface area contributed by atoms with Crippen molar-refractivity contribution in [3.8, 4) is 0 Å². The highest BCUT2D eigenvalue weighted by Crippen LogP contribution is 2.12. The van der Waals surface area contributed by atoms with Crippen molar-refractivity contribution < 1.29 is 17.4 Å². The molecular formula is C6H6FNO3S. The molecule has 0 atom stereocenters. The number of hydrogen-bond donors (Lipinski definition) is 2. The summed E-state index contributed by atoms with van der Waals surface area (Å²) in [6.45, 7) is 0. The fraction of sp³-hybridized carbons (Fsp3) is 0. The number of rotatable bonds is 2. The van der Waals surface area contributed by atoms with Crippen molar-refractivity contribution in [2.24, 2.45) is 0 Å². The van der Waals surface area contributed by atoms with E-state index in [1.165, 1.54) is 18.2 Å². The zero-order valence-electron chi connectivity index (χ0n) is 5.86. The molecule has 1 aromatic carbocycles. The first-order valence-corrected chi connectivity index (χ1v) is 4.43. The number of para-hydroxylation sites is 1. The van der Waals surface area contributed by atoms with E-state index in [1.54, 1.807) is 4.72 Å². The molecule has 0 heterocycles. The smallest absolute Gasteiger partial charge is 0.269 e. The molecule has 0 saturated carbocycles. The molecule has 6 heteroatoms. The molecular weight excluding hydrogens is 185 g/mol. The third-order valence-electron chi connectivity index (χ3n) is 1.11. The first kappa shape index (κ1) is 8.95. The molecule has 0 unspecified atom stereocenters. The lowest BCUT2D eigenvalue weighted by Gasteiger charge is -2.01. The topological polar surface area (TPSA) is 66.4 Å². The van der Waals surface area contributed by atoms with Crippen molar-refractivity contribution in [1.29, 1.82) is 0 Å². The van der Waals surface area contributed by atoms with E-state index in [-0.39, 0.29) is 5.69 Å². The van der Waals surface area contributed by atoms with Crippen molar-refractivity contribution >= 4 is 16.0 Å². The van der Waals surface area contributed by atoms with Crippen LogP contribution in [0.2, 0.25) is 0 Å². The van der Waals surface area contributed by atoms with Crippen LogP contribution in [0, 0.1) is 5.82 Å². The number of nitrogens with one attached hydrogen (secondary N) is 1. The Morgan fingerprint density at radius 3 is 2.42 bits per heavy atom. The molecule has 2 N–H and O–H groups in total. The van der Waals surface area contributed by atoms with Gasteiger partial charge in [-0.25, -0.2) is 4.39 Å². The molecule has 0 aliphatic rings. The van der Waals surface area contributed by atoms with Gasteiger partial charge in [-0.05, 0) is 12.1 Å². The minimum Gasteiger partial charge on any atom is -0.269 e. The quantitative estimate of drug-likeness (QED) is 0.686. The van der Waals surface area contributed by atoms with Crippen LogP contribution >= 0.6 is 0 Å². The average Bonchev–Trinajstić information content (AvgIpc) is 1.91. The first-order chi connectivity index (χ1) is 5.49. The van der Waals surface area contributed by atoms with Crippen LogP contribution in [0.5, 0.6) is 0 Å². The molecule has 66 valence electrons. The molecule has 0 aliphatic carbocycles. The molecule has 0 spiro atoms. The maximum atomic E-state index is 12.7. The van der Waals surface area contributed by atoms with Crippen LogP contribution in [0.1, 0.15) is 0 Å². The summed E-state index contributed by atoms with van der Waals surface area (Å²) in [6.07, 6.45) is 0. The van der Waals surface area contributed by atoms with Crippen LogP contribution in [-0.2, 0) is 10.3 Å². The average molecular weight is 191 g/mol. The summed E-state index contributed by atoms with van der Waals surface area (Å²) >= 11 is 0. The summed E-state index contributed by atoms with van der Waals surface area (Å²) < 4.78 is 43.0. The number of anilines is 1. The van der Waals surface area contributed by atoms with Gasteiger partial charge in [-0.3, -0.25) is 9.27 Å². The Bertz CT molecular complexity index is 376. The van der Waals surface area contributed by atoms with Gasteiger partial charge in [0.15, 0.2) is 0 Å². The second-order valence-corrected chi connectivity index (χ2v) is 3.21. The maximum Gasteiger partial charge on any atom is 0.357 e. The van der Waals surface area contributed by atoms with Gasteiger partial charge in [0.05, 0.1) is 5.69 Å². The standard InChI is InChI=1S/C6H6FNO3S/c7-5-3-1-2-4-6(5)8-12(9,10)11/h1-4,8H,(H,9,10,11). The van der Waals surface area contributed by atoms with E-state index in [4.69, 9.17) is 4.55 Å². The van der Waals surface area contributed by atoms with Crippen molar-refractivity contribution in [1.82, 2.24) is 0 Å². The molecule has 0 saturated heterocycles. The van der Waals surface area contributed by atoms with Crippen molar-refractivity contribution in [3.63, 3.8) is 0 Å². The van der Waals surface area contributed by atoms with Gasteiger partial charge in [0.2, 0.25) is 0 Å². The number of halogens is 1. The minimum atomic E-state index is -4.39. The Labute approximate surface area is 68.9 Å².